The fourth-order valence-corrected chi connectivity index (χ4v) is 2.85. The van der Waals surface area contributed by atoms with E-state index in [0.717, 1.165) is 17.0 Å². The summed E-state index contributed by atoms with van der Waals surface area (Å²) in [5, 5.41) is 0. The van der Waals surface area contributed by atoms with Crippen LogP contribution in [0.1, 0.15) is 39.7 Å². The molecule has 1 aromatic rings. The van der Waals surface area contributed by atoms with E-state index in [4.69, 9.17) is 4.74 Å². The van der Waals surface area contributed by atoms with Gasteiger partial charge in [-0.2, -0.15) is 0 Å². The van der Waals surface area contributed by atoms with Crippen molar-refractivity contribution in [1.82, 2.24) is 4.90 Å². The highest BCUT2D eigenvalue weighted by Gasteiger charge is 2.39. The molecule has 1 aliphatic rings. The van der Waals surface area contributed by atoms with Crippen molar-refractivity contribution < 1.29 is 27.5 Å². The number of halogens is 3. The average molecular weight is 357 g/mol. The van der Waals surface area contributed by atoms with Gasteiger partial charge >= 0.3 is 6.09 Å². The zero-order chi connectivity index (χ0) is 18.9. The number of carbonyl (C=O) groups is 2. The molecule has 2 atom stereocenters. The molecule has 1 saturated heterocycles. The molecule has 1 fully saturated rings. The number of ether oxygens (including phenoxy) is 1. The van der Waals surface area contributed by atoms with Gasteiger partial charge in [0, 0.05) is 12.5 Å². The smallest absolute Gasteiger partial charge is 0.417 e. The second kappa shape index (κ2) is 7.06. The Balaban J connectivity index is 2.19. The zero-order valence-electron chi connectivity index (χ0n) is 14.7. The van der Waals surface area contributed by atoms with Crippen LogP contribution in [0, 0.1) is 29.3 Å². The van der Waals surface area contributed by atoms with E-state index in [9.17, 15) is 22.8 Å². The summed E-state index contributed by atoms with van der Waals surface area (Å²) in [6.45, 7) is 7.17. The highest BCUT2D eigenvalue weighted by Crippen LogP contribution is 2.29. The molecule has 0 aliphatic carbocycles. The van der Waals surface area contributed by atoms with Gasteiger partial charge in [0.15, 0.2) is 17.5 Å². The van der Waals surface area contributed by atoms with E-state index in [1.54, 1.807) is 20.8 Å². The lowest BCUT2D eigenvalue weighted by Crippen LogP contribution is -2.50. The normalized spacial score (nSPS) is 21.4. The number of likely N-dealkylation sites (tertiary alicyclic amines) is 1. The number of piperidine rings is 1. The number of nitrogens with zero attached hydrogens (tertiary/aromatic N) is 1. The molecule has 4 nitrogen and oxygen atoms in total. The molecule has 138 valence electrons. The van der Waals surface area contributed by atoms with Crippen LogP contribution in [-0.4, -0.2) is 29.0 Å². The maximum atomic E-state index is 13.4. The van der Waals surface area contributed by atoms with Crippen LogP contribution in [0.5, 0.6) is 0 Å². The van der Waals surface area contributed by atoms with Crippen molar-refractivity contribution in [3.63, 3.8) is 0 Å². The number of benzene rings is 1. The zero-order valence-corrected chi connectivity index (χ0v) is 14.7. The van der Waals surface area contributed by atoms with Crippen LogP contribution >= 0.6 is 0 Å². The third-order valence-electron chi connectivity index (χ3n) is 4.19. The van der Waals surface area contributed by atoms with Gasteiger partial charge in [-0.3, -0.25) is 4.79 Å². The minimum atomic E-state index is -1.54. The summed E-state index contributed by atoms with van der Waals surface area (Å²) in [4.78, 5) is 25.9. The van der Waals surface area contributed by atoms with Gasteiger partial charge in [-0.15, -0.1) is 0 Å². The van der Waals surface area contributed by atoms with Crippen molar-refractivity contribution in [2.24, 2.45) is 11.8 Å². The van der Waals surface area contributed by atoms with E-state index in [1.165, 1.54) is 0 Å². The molecule has 1 aliphatic heterocycles. The summed E-state index contributed by atoms with van der Waals surface area (Å²) in [5.41, 5.74) is -0.563. The Kier molecular flexibility index (Phi) is 5.44. The molecule has 0 radical (unpaired) electrons. The van der Waals surface area contributed by atoms with Gasteiger partial charge < -0.3 is 4.74 Å². The molecule has 2 amide bonds. The third-order valence-corrected chi connectivity index (χ3v) is 4.19. The van der Waals surface area contributed by atoms with E-state index in [2.05, 4.69) is 0 Å². The van der Waals surface area contributed by atoms with E-state index >= 15 is 0 Å². The van der Waals surface area contributed by atoms with Crippen molar-refractivity contribution >= 4 is 12.0 Å². The molecule has 0 saturated carbocycles. The first-order valence-corrected chi connectivity index (χ1v) is 8.17. The first-order valence-electron chi connectivity index (χ1n) is 8.17. The van der Waals surface area contributed by atoms with Gasteiger partial charge in [-0.1, -0.05) is 6.92 Å². The van der Waals surface area contributed by atoms with E-state index < -0.39 is 41.0 Å². The summed E-state index contributed by atoms with van der Waals surface area (Å²) in [6.07, 6.45) is -0.152. The molecule has 0 bridgehead atoms. The highest BCUT2D eigenvalue weighted by molar-refractivity contribution is 5.94. The maximum Gasteiger partial charge on any atom is 0.417 e. The van der Waals surface area contributed by atoms with Crippen molar-refractivity contribution in [3.8, 4) is 0 Å². The second-order valence-corrected chi connectivity index (χ2v) is 7.42. The van der Waals surface area contributed by atoms with Crippen molar-refractivity contribution in [3.05, 3.63) is 35.1 Å². The molecule has 1 heterocycles. The Morgan fingerprint density at radius 2 is 1.80 bits per heavy atom. The molecule has 1 aromatic carbocycles. The largest absolute Gasteiger partial charge is 0.443 e. The third kappa shape index (κ3) is 4.52. The predicted octanol–water partition coefficient (Wildman–Crippen LogP) is 4.07. The van der Waals surface area contributed by atoms with Gasteiger partial charge in [0.2, 0.25) is 5.91 Å². The number of hydrogen-bond donors (Lipinski definition) is 0. The van der Waals surface area contributed by atoms with Gasteiger partial charge in [0.25, 0.3) is 0 Å². The molecule has 0 spiro atoms. The molecule has 0 N–H and O–H groups in total. The molecular formula is C18H22F3NO3. The van der Waals surface area contributed by atoms with Crippen LogP contribution in [-0.2, 0) is 16.0 Å². The number of rotatable bonds is 2. The summed E-state index contributed by atoms with van der Waals surface area (Å²) < 4.78 is 45.1. The van der Waals surface area contributed by atoms with Crippen molar-refractivity contribution in [2.45, 2.75) is 46.1 Å². The molecular weight excluding hydrogens is 335 g/mol. The lowest BCUT2D eigenvalue weighted by atomic mass is 9.82. The van der Waals surface area contributed by atoms with E-state index in [-0.39, 0.29) is 24.4 Å². The van der Waals surface area contributed by atoms with E-state index in [1.807, 2.05) is 6.92 Å². The molecule has 2 unspecified atom stereocenters. The first kappa shape index (κ1) is 19.3. The van der Waals surface area contributed by atoms with Crippen LogP contribution in [0.25, 0.3) is 0 Å². The summed E-state index contributed by atoms with van der Waals surface area (Å²) in [5.74, 6) is -5.29. The quantitative estimate of drug-likeness (QED) is 0.750. The standard InChI is InChI=1S/C18H22F3NO3/c1-10-5-6-22(17(24)25-18(2,3)4)16(23)12(10)7-11-8-13(19)15(21)14(20)9-11/h8-10,12H,5-7H2,1-4H3. The van der Waals surface area contributed by atoms with Crippen LogP contribution in [0.3, 0.4) is 0 Å². The fourth-order valence-electron chi connectivity index (χ4n) is 2.85. The Labute approximate surface area is 144 Å². The minimum absolute atomic E-state index is 0.0212. The van der Waals surface area contributed by atoms with Crippen LogP contribution in [0.15, 0.2) is 12.1 Å². The molecule has 7 heteroatoms. The van der Waals surface area contributed by atoms with Gasteiger partial charge in [-0.05, 0) is 57.2 Å². The van der Waals surface area contributed by atoms with E-state index in [0.29, 0.717) is 6.42 Å². The molecule has 2 rings (SSSR count). The number of imide groups is 1. The topological polar surface area (TPSA) is 46.6 Å². The average Bonchev–Trinajstić information content (AvgIpc) is 2.47. The second-order valence-electron chi connectivity index (χ2n) is 7.42. The lowest BCUT2D eigenvalue weighted by molar-refractivity contribution is -0.139. The fraction of sp³-hybridized carbons (Fsp3) is 0.556. The van der Waals surface area contributed by atoms with Gasteiger partial charge in [0.05, 0.1) is 0 Å². The summed E-state index contributed by atoms with van der Waals surface area (Å²) >= 11 is 0. The molecule has 0 aromatic heterocycles. The minimum Gasteiger partial charge on any atom is -0.443 e. The van der Waals surface area contributed by atoms with Crippen LogP contribution in [0.4, 0.5) is 18.0 Å². The van der Waals surface area contributed by atoms with Gasteiger partial charge in [0.1, 0.15) is 5.60 Å². The Hall–Kier alpha value is -2.05. The Bertz CT molecular complexity index is 662. The van der Waals surface area contributed by atoms with Crippen LogP contribution < -0.4 is 0 Å². The SMILES string of the molecule is CC1CCN(C(=O)OC(C)(C)C)C(=O)C1Cc1cc(F)c(F)c(F)c1. The first-order chi connectivity index (χ1) is 11.5. The Morgan fingerprint density at radius 3 is 2.32 bits per heavy atom. The Morgan fingerprint density at radius 1 is 1.24 bits per heavy atom. The maximum absolute atomic E-state index is 13.4. The lowest BCUT2D eigenvalue weighted by Gasteiger charge is -2.36. The molecule has 25 heavy (non-hydrogen) atoms. The summed E-state index contributed by atoms with van der Waals surface area (Å²) in [6, 6.07) is 1.76. The van der Waals surface area contributed by atoms with Crippen molar-refractivity contribution in [2.75, 3.05) is 6.54 Å². The number of hydrogen-bond acceptors (Lipinski definition) is 3. The highest BCUT2D eigenvalue weighted by atomic mass is 19.2. The number of amides is 2. The van der Waals surface area contributed by atoms with Crippen molar-refractivity contribution in [1.29, 1.82) is 0 Å². The number of carbonyl (C=O) groups excluding carboxylic acids is 2. The van der Waals surface area contributed by atoms with Gasteiger partial charge in [-0.25, -0.2) is 22.9 Å². The monoisotopic (exact) mass is 357 g/mol. The predicted molar refractivity (Wildman–Crippen MR) is 85.2 cm³/mol. The summed E-state index contributed by atoms with van der Waals surface area (Å²) in [7, 11) is 0. The van der Waals surface area contributed by atoms with Crippen LogP contribution in [0.2, 0.25) is 0 Å².